The van der Waals surface area contributed by atoms with Gasteiger partial charge in [-0.25, -0.2) is 13.4 Å². The molecule has 0 spiro atoms. The van der Waals surface area contributed by atoms with Crippen LogP contribution < -0.4 is 5.73 Å². The molecule has 1 heterocycles. The first kappa shape index (κ1) is 15.4. The summed E-state index contributed by atoms with van der Waals surface area (Å²) in [6.45, 7) is -0.115. The van der Waals surface area contributed by atoms with E-state index in [1.54, 1.807) is 0 Å². The summed E-state index contributed by atoms with van der Waals surface area (Å²) in [5, 5.41) is 9.14. The van der Waals surface area contributed by atoms with Crippen LogP contribution in [-0.4, -0.2) is 36.0 Å². The second kappa shape index (κ2) is 6.66. The molecule has 0 fully saturated rings. The lowest BCUT2D eigenvalue weighted by molar-refractivity contribution is 0.251. The van der Waals surface area contributed by atoms with Crippen molar-refractivity contribution in [1.29, 1.82) is 0 Å². The highest BCUT2D eigenvalue weighted by molar-refractivity contribution is 7.89. The number of nitrogen functional groups attached to an aromatic ring is 1. The number of rotatable bonds is 6. The molecule has 0 bridgehead atoms. The number of aliphatic hydroxyl groups excluding tert-OH is 1. The Labute approximate surface area is 123 Å². The minimum atomic E-state index is -3.81. The molecule has 0 unspecified atom stereocenters. The highest BCUT2D eigenvalue weighted by Crippen LogP contribution is 2.21. The van der Waals surface area contributed by atoms with E-state index in [2.05, 4.69) is 4.98 Å². The van der Waals surface area contributed by atoms with Crippen molar-refractivity contribution in [3.05, 3.63) is 54.2 Å². The number of hydrogen-bond donors (Lipinski definition) is 2. The number of sulfonamides is 1. The highest BCUT2D eigenvalue weighted by Gasteiger charge is 2.26. The third-order valence-corrected chi connectivity index (χ3v) is 4.86. The van der Waals surface area contributed by atoms with Gasteiger partial charge in [0.05, 0.1) is 6.61 Å². The number of pyridine rings is 1. The molecule has 0 saturated carbocycles. The van der Waals surface area contributed by atoms with Crippen molar-refractivity contribution < 1.29 is 13.5 Å². The van der Waals surface area contributed by atoms with Crippen molar-refractivity contribution in [2.45, 2.75) is 11.4 Å². The minimum absolute atomic E-state index is 0.00837. The molecule has 0 aliphatic heterocycles. The monoisotopic (exact) mass is 307 g/mol. The van der Waals surface area contributed by atoms with Gasteiger partial charge in [0.25, 0.3) is 0 Å². The molecule has 0 amide bonds. The molecule has 0 radical (unpaired) electrons. The van der Waals surface area contributed by atoms with Crippen molar-refractivity contribution >= 4 is 15.8 Å². The lowest BCUT2D eigenvalue weighted by Gasteiger charge is -2.21. The fourth-order valence-electron chi connectivity index (χ4n) is 1.94. The molecular weight excluding hydrogens is 290 g/mol. The van der Waals surface area contributed by atoms with Crippen LogP contribution in [0.3, 0.4) is 0 Å². The predicted molar refractivity (Wildman–Crippen MR) is 79.8 cm³/mol. The Balaban J connectivity index is 2.35. The molecule has 3 N–H and O–H groups in total. The van der Waals surface area contributed by atoms with Crippen LogP contribution in [0.1, 0.15) is 5.56 Å². The molecule has 7 heteroatoms. The molecule has 1 aromatic heterocycles. The Kier molecular flexibility index (Phi) is 4.89. The van der Waals surface area contributed by atoms with Crippen LogP contribution in [-0.2, 0) is 16.6 Å². The van der Waals surface area contributed by atoms with Gasteiger partial charge in [0, 0.05) is 19.3 Å². The second-order valence-electron chi connectivity index (χ2n) is 4.43. The summed E-state index contributed by atoms with van der Waals surface area (Å²) in [7, 11) is -3.81. The summed E-state index contributed by atoms with van der Waals surface area (Å²) in [5.74, 6) is -0.0477. The average Bonchev–Trinajstić information content (AvgIpc) is 2.48. The Bertz CT molecular complexity index is 690. The summed E-state index contributed by atoms with van der Waals surface area (Å²) in [4.78, 5) is 3.76. The summed E-state index contributed by atoms with van der Waals surface area (Å²) in [6.07, 6.45) is 1.43. The Morgan fingerprint density at radius 3 is 2.48 bits per heavy atom. The molecule has 0 atom stereocenters. The number of hydrogen-bond acceptors (Lipinski definition) is 5. The van der Waals surface area contributed by atoms with Gasteiger partial charge in [-0.1, -0.05) is 30.3 Å². The standard InChI is InChI=1S/C14H17N3O3S/c15-14-13(7-4-8-16-14)21(19,20)17(9-10-18)11-12-5-2-1-3-6-12/h1-8,18H,9-11H2,(H2,15,16). The zero-order valence-corrected chi connectivity index (χ0v) is 12.2. The molecule has 2 aromatic rings. The predicted octanol–water partition coefficient (Wildman–Crippen LogP) is 0.847. The van der Waals surface area contributed by atoms with Crippen LogP contribution in [0, 0.1) is 0 Å². The van der Waals surface area contributed by atoms with E-state index in [-0.39, 0.29) is 30.4 Å². The van der Waals surface area contributed by atoms with E-state index < -0.39 is 10.0 Å². The van der Waals surface area contributed by atoms with Crippen LogP contribution in [0.25, 0.3) is 0 Å². The summed E-state index contributed by atoms with van der Waals surface area (Å²) < 4.78 is 26.5. The number of benzene rings is 1. The molecule has 21 heavy (non-hydrogen) atoms. The highest BCUT2D eigenvalue weighted by atomic mass is 32.2. The maximum absolute atomic E-state index is 12.6. The molecule has 112 valence electrons. The molecule has 1 aromatic carbocycles. The number of nitrogens with two attached hydrogens (primary N) is 1. The average molecular weight is 307 g/mol. The molecule has 0 saturated heterocycles. The number of aromatic nitrogens is 1. The number of nitrogens with zero attached hydrogens (tertiary/aromatic N) is 2. The Morgan fingerprint density at radius 1 is 1.14 bits per heavy atom. The first-order valence-electron chi connectivity index (χ1n) is 6.41. The first-order chi connectivity index (χ1) is 10.1. The second-order valence-corrected chi connectivity index (χ2v) is 6.34. The summed E-state index contributed by atoms with van der Waals surface area (Å²) >= 11 is 0. The van der Waals surface area contributed by atoms with Gasteiger partial charge in [-0.05, 0) is 17.7 Å². The van der Waals surface area contributed by atoms with Gasteiger partial charge in [0.2, 0.25) is 10.0 Å². The zero-order valence-electron chi connectivity index (χ0n) is 11.4. The molecule has 0 aliphatic rings. The van der Waals surface area contributed by atoms with Gasteiger partial charge in [-0.3, -0.25) is 0 Å². The van der Waals surface area contributed by atoms with Crippen LogP contribution in [0.5, 0.6) is 0 Å². The normalized spacial score (nSPS) is 11.7. The van der Waals surface area contributed by atoms with E-state index >= 15 is 0 Å². The van der Waals surface area contributed by atoms with E-state index in [1.165, 1.54) is 22.6 Å². The molecule has 0 aliphatic carbocycles. The lowest BCUT2D eigenvalue weighted by Crippen LogP contribution is -2.33. The molecule has 6 nitrogen and oxygen atoms in total. The number of aliphatic hydroxyl groups is 1. The van der Waals surface area contributed by atoms with Gasteiger partial charge in [-0.15, -0.1) is 0 Å². The third-order valence-electron chi connectivity index (χ3n) is 2.97. The van der Waals surface area contributed by atoms with Crippen LogP contribution in [0.2, 0.25) is 0 Å². The Hall–Kier alpha value is -1.96. The van der Waals surface area contributed by atoms with Crippen LogP contribution in [0.4, 0.5) is 5.82 Å². The quantitative estimate of drug-likeness (QED) is 0.824. The zero-order chi connectivity index (χ0) is 15.3. The van der Waals surface area contributed by atoms with Gasteiger partial charge in [0.1, 0.15) is 10.7 Å². The molecular formula is C14H17N3O3S. The largest absolute Gasteiger partial charge is 0.395 e. The summed E-state index contributed by atoms with van der Waals surface area (Å²) in [6, 6.07) is 12.1. The topological polar surface area (TPSA) is 96.5 Å². The van der Waals surface area contributed by atoms with E-state index in [4.69, 9.17) is 10.8 Å². The SMILES string of the molecule is Nc1ncccc1S(=O)(=O)N(CCO)Cc1ccccc1. The van der Waals surface area contributed by atoms with Gasteiger partial charge in [-0.2, -0.15) is 4.31 Å². The first-order valence-corrected chi connectivity index (χ1v) is 7.85. The minimum Gasteiger partial charge on any atom is -0.395 e. The lowest BCUT2D eigenvalue weighted by atomic mass is 10.2. The van der Waals surface area contributed by atoms with Gasteiger partial charge >= 0.3 is 0 Å². The van der Waals surface area contributed by atoms with E-state index in [0.29, 0.717) is 0 Å². The number of anilines is 1. The molecule has 2 rings (SSSR count). The maximum Gasteiger partial charge on any atom is 0.247 e. The smallest absolute Gasteiger partial charge is 0.247 e. The third kappa shape index (κ3) is 3.57. The van der Waals surface area contributed by atoms with Gasteiger partial charge < -0.3 is 10.8 Å². The van der Waals surface area contributed by atoms with Crippen molar-refractivity contribution in [1.82, 2.24) is 9.29 Å². The van der Waals surface area contributed by atoms with Crippen LogP contribution in [0.15, 0.2) is 53.6 Å². The van der Waals surface area contributed by atoms with Crippen LogP contribution >= 0.6 is 0 Å². The fraction of sp³-hybridized carbons (Fsp3) is 0.214. The fourth-order valence-corrected chi connectivity index (χ4v) is 3.43. The van der Waals surface area contributed by atoms with Crippen molar-refractivity contribution in [2.75, 3.05) is 18.9 Å². The van der Waals surface area contributed by atoms with Crippen molar-refractivity contribution in [3.63, 3.8) is 0 Å². The van der Waals surface area contributed by atoms with E-state index in [0.717, 1.165) is 5.56 Å². The maximum atomic E-state index is 12.6. The van der Waals surface area contributed by atoms with E-state index in [1.807, 2.05) is 30.3 Å². The van der Waals surface area contributed by atoms with Crippen molar-refractivity contribution in [2.24, 2.45) is 0 Å². The Morgan fingerprint density at radius 2 is 1.86 bits per heavy atom. The van der Waals surface area contributed by atoms with Gasteiger partial charge in [0.15, 0.2) is 0 Å². The summed E-state index contributed by atoms with van der Waals surface area (Å²) in [5.41, 5.74) is 6.49. The van der Waals surface area contributed by atoms with E-state index in [9.17, 15) is 8.42 Å². The van der Waals surface area contributed by atoms with Crippen molar-refractivity contribution in [3.8, 4) is 0 Å².